The SMILES string of the molecule is COCCN(CCOC)S(=O)(=O)c1ccc(C(=O)Nc2nc3ccc(SC)cc3s2)cc1. The van der Waals surface area contributed by atoms with Gasteiger partial charge in [0.15, 0.2) is 5.13 Å². The summed E-state index contributed by atoms with van der Waals surface area (Å²) in [5, 5.41) is 3.28. The molecule has 0 atom stereocenters. The highest BCUT2D eigenvalue weighted by atomic mass is 32.2. The number of sulfonamides is 1. The van der Waals surface area contributed by atoms with Crippen LogP contribution in [-0.4, -0.2) is 70.4 Å². The molecule has 0 saturated heterocycles. The first-order valence-electron chi connectivity index (χ1n) is 9.73. The minimum atomic E-state index is -3.74. The minimum Gasteiger partial charge on any atom is -0.383 e. The van der Waals surface area contributed by atoms with Crippen molar-refractivity contribution in [3.05, 3.63) is 48.0 Å². The first-order valence-corrected chi connectivity index (χ1v) is 13.2. The van der Waals surface area contributed by atoms with Crippen LogP contribution in [0.4, 0.5) is 5.13 Å². The van der Waals surface area contributed by atoms with E-state index in [2.05, 4.69) is 10.3 Å². The Bertz CT molecular complexity index is 1160. The van der Waals surface area contributed by atoms with Gasteiger partial charge in [0.25, 0.3) is 5.91 Å². The summed E-state index contributed by atoms with van der Waals surface area (Å²) in [6, 6.07) is 11.8. The molecule has 32 heavy (non-hydrogen) atoms. The van der Waals surface area contributed by atoms with Crippen LogP contribution in [0, 0.1) is 0 Å². The van der Waals surface area contributed by atoms with Crippen LogP contribution in [0.1, 0.15) is 10.4 Å². The maximum atomic E-state index is 13.0. The third kappa shape index (κ3) is 5.85. The summed E-state index contributed by atoms with van der Waals surface area (Å²) in [6.07, 6.45) is 2.00. The summed E-state index contributed by atoms with van der Waals surface area (Å²) < 4.78 is 38.3. The van der Waals surface area contributed by atoms with Crippen LogP contribution < -0.4 is 5.32 Å². The third-order valence-electron chi connectivity index (χ3n) is 4.66. The van der Waals surface area contributed by atoms with Crippen LogP contribution >= 0.6 is 23.1 Å². The number of carbonyl (C=O) groups is 1. The summed E-state index contributed by atoms with van der Waals surface area (Å²) in [4.78, 5) is 18.3. The van der Waals surface area contributed by atoms with Gasteiger partial charge in [-0.2, -0.15) is 4.31 Å². The number of rotatable bonds is 11. The van der Waals surface area contributed by atoms with Gasteiger partial charge in [0.2, 0.25) is 10.0 Å². The molecule has 3 rings (SSSR count). The number of methoxy groups -OCH3 is 2. The van der Waals surface area contributed by atoms with E-state index in [-0.39, 0.29) is 37.1 Å². The second-order valence-electron chi connectivity index (χ2n) is 6.72. The third-order valence-corrected chi connectivity index (χ3v) is 8.23. The van der Waals surface area contributed by atoms with Crippen molar-refractivity contribution in [1.82, 2.24) is 9.29 Å². The Balaban J connectivity index is 1.74. The number of aromatic nitrogens is 1. The second kappa shape index (κ2) is 11.2. The molecule has 3 aromatic rings. The van der Waals surface area contributed by atoms with Gasteiger partial charge in [0, 0.05) is 37.8 Å². The van der Waals surface area contributed by atoms with Crippen molar-refractivity contribution in [2.75, 3.05) is 52.1 Å². The number of thiazole rings is 1. The number of hydrogen-bond acceptors (Lipinski definition) is 8. The lowest BCUT2D eigenvalue weighted by atomic mass is 10.2. The van der Waals surface area contributed by atoms with Gasteiger partial charge >= 0.3 is 0 Å². The van der Waals surface area contributed by atoms with Crippen LogP contribution in [0.25, 0.3) is 10.2 Å². The van der Waals surface area contributed by atoms with Gasteiger partial charge in [-0.05, 0) is 48.7 Å². The first-order chi connectivity index (χ1) is 15.4. The molecule has 0 aliphatic carbocycles. The molecule has 0 bridgehead atoms. The van der Waals surface area contributed by atoms with E-state index in [1.807, 2.05) is 24.5 Å². The van der Waals surface area contributed by atoms with Crippen molar-refractivity contribution in [3.8, 4) is 0 Å². The number of nitrogens with zero attached hydrogens (tertiary/aromatic N) is 2. The zero-order chi connectivity index (χ0) is 23.1. The molecular weight excluding hydrogens is 470 g/mol. The molecule has 1 heterocycles. The van der Waals surface area contributed by atoms with E-state index < -0.39 is 10.0 Å². The number of carbonyl (C=O) groups excluding carboxylic acids is 1. The molecule has 0 radical (unpaired) electrons. The second-order valence-corrected chi connectivity index (χ2v) is 10.6. The predicted octanol–water partition coefficient (Wildman–Crippen LogP) is 3.55. The molecule has 0 aliphatic heterocycles. The first kappa shape index (κ1) is 24.6. The lowest BCUT2D eigenvalue weighted by Crippen LogP contribution is -2.36. The van der Waals surface area contributed by atoms with Gasteiger partial charge in [-0.25, -0.2) is 13.4 Å². The quantitative estimate of drug-likeness (QED) is 0.406. The van der Waals surface area contributed by atoms with E-state index in [9.17, 15) is 13.2 Å². The highest BCUT2D eigenvalue weighted by molar-refractivity contribution is 7.98. The Morgan fingerprint density at radius 3 is 2.34 bits per heavy atom. The molecular formula is C21H25N3O5S3. The van der Waals surface area contributed by atoms with E-state index in [4.69, 9.17) is 9.47 Å². The summed E-state index contributed by atoms with van der Waals surface area (Å²) >= 11 is 3.04. The smallest absolute Gasteiger partial charge is 0.257 e. The van der Waals surface area contributed by atoms with E-state index in [1.54, 1.807) is 11.8 Å². The van der Waals surface area contributed by atoms with Crippen molar-refractivity contribution in [1.29, 1.82) is 0 Å². The number of benzene rings is 2. The van der Waals surface area contributed by atoms with Crippen LogP contribution in [0.5, 0.6) is 0 Å². The highest BCUT2D eigenvalue weighted by Gasteiger charge is 2.24. The van der Waals surface area contributed by atoms with E-state index in [0.29, 0.717) is 10.7 Å². The fourth-order valence-corrected chi connectivity index (χ4v) is 5.74. The maximum absolute atomic E-state index is 13.0. The number of fused-ring (bicyclic) bond motifs is 1. The van der Waals surface area contributed by atoms with Crippen molar-refractivity contribution >= 4 is 54.4 Å². The summed E-state index contributed by atoms with van der Waals surface area (Å²) in [6.45, 7) is 0.953. The standard InChI is InChI=1S/C21H25N3O5S3/c1-28-12-10-24(11-13-29-2)32(26,27)17-7-4-15(5-8-17)20(25)23-21-22-18-9-6-16(30-3)14-19(18)31-21/h4-9,14H,10-13H2,1-3H3,(H,22,23,25). The topological polar surface area (TPSA) is 97.8 Å². The summed E-state index contributed by atoms with van der Waals surface area (Å²) in [5.74, 6) is -0.353. The fraction of sp³-hybridized carbons (Fsp3) is 0.333. The van der Waals surface area contributed by atoms with Crippen molar-refractivity contribution < 1.29 is 22.7 Å². The number of amides is 1. The van der Waals surface area contributed by atoms with Gasteiger partial charge in [0.1, 0.15) is 0 Å². The lowest BCUT2D eigenvalue weighted by Gasteiger charge is -2.21. The van der Waals surface area contributed by atoms with Gasteiger partial charge in [-0.3, -0.25) is 10.1 Å². The number of thioether (sulfide) groups is 1. The van der Waals surface area contributed by atoms with E-state index in [0.717, 1.165) is 15.1 Å². The Kier molecular flexibility index (Phi) is 8.63. The van der Waals surface area contributed by atoms with Crippen LogP contribution in [0.2, 0.25) is 0 Å². The fourth-order valence-electron chi connectivity index (χ4n) is 2.92. The molecule has 8 nitrogen and oxygen atoms in total. The number of ether oxygens (including phenoxy) is 2. The molecule has 0 saturated carbocycles. The van der Waals surface area contributed by atoms with Gasteiger partial charge in [-0.15, -0.1) is 11.8 Å². The van der Waals surface area contributed by atoms with Crippen LogP contribution in [0.3, 0.4) is 0 Å². The molecule has 1 aromatic heterocycles. The molecule has 0 fully saturated rings. The molecule has 0 unspecified atom stereocenters. The molecule has 11 heteroatoms. The number of anilines is 1. The molecule has 2 aromatic carbocycles. The van der Waals surface area contributed by atoms with Gasteiger partial charge in [0.05, 0.1) is 28.3 Å². The summed E-state index contributed by atoms with van der Waals surface area (Å²) in [7, 11) is -0.710. The van der Waals surface area contributed by atoms with Crippen molar-refractivity contribution in [3.63, 3.8) is 0 Å². The van der Waals surface area contributed by atoms with Gasteiger partial charge in [-0.1, -0.05) is 11.3 Å². The van der Waals surface area contributed by atoms with Crippen LogP contribution in [0.15, 0.2) is 52.3 Å². The minimum absolute atomic E-state index is 0.103. The predicted molar refractivity (Wildman–Crippen MR) is 128 cm³/mol. The average molecular weight is 496 g/mol. The molecule has 1 amide bonds. The normalized spacial score (nSPS) is 11.9. The monoisotopic (exact) mass is 495 g/mol. The maximum Gasteiger partial charge on any atom is 0.257 e. The summed E-state index contributed by atoms with van der Waals surface area (Å²) in [5.41, 5.74) is 1.16. The molecule has 0 spiro atoms. The molecule has 172 valence electrons. The van der Waals surface area contributed by atoms with Gasteiger partial charge < -0.3 is 9.47 Å². The molecule has 0 aliphatic rings. The van der Waals surface area contributed by atoms with Crippen molar-refractivity contribution in [2.45, 2.75) is 9.79 Å². The number of hydrogen-bond donors (Lipinski definition) is 1. The van der Waals surface area contributed by atoms with Crippen molar-refractivity contribution in [2.24, 2.45) is 0 Å². The Hall–Kier alpha value is -2.02. The van der Waals surface area contributed by atoms with Crippen LogP contribution in [-0.2, 0) is 19.5 Å². The average Bonchev–Trinajstić information content (AvgIpc) is 3.20. The zero-order valence-electron chi connectivity index (χ0n) is 18.0. The number of nitrogens with one attached hydrogen (secondary N) is 1. The highest BCUT2D eigenvalue weighted by Crippen LogP contribution is 2.29. The Labute approximate surface area is 196 Å². The van der Waals surface area contributed by atoms with E-state index >= 15 is 0 Å². The Morgan fingerprint density at radius 1 is 1.09 bits per heavy atom. The zero-order valence-corrected chi connectivity index (χ0v) is 20.5. The van der Waals surface area contributed by atoms with E-state index in [1.165, 1.54) is 54.1 Å². The Morgan fingerprint density at radius 2 is 1.75 bits per heavy atom. The largest absolute Gasteiger partial charge is 0.383 e. The molecule has 1 N–H and O–H groups in total. The lowest BCUT2D eigenvalue weighted by molar-refractivity contribution is 0.102.